The largest absolute Gasteiger partial charge is 0.534 e. The van der Waals surface area contributed by atoms with Crippen molar-refractivity contribution in [3.8, 4) is 5.75 Å². The van der Waals surface area contributed by atoms with Crippen molar-refractivity contribution in [2.75, 3.05) is 0 Å². The standard InChI is InChI=1S/C7H5F3O3S.C3H4N2/c8-7(9,10)14(11,12)13-6-4-2-1-3-5-6;1-2-5-3-4-1/h1-5H;1-3H,(H,4,5). The molecule has 0 aliphatic heterocycles. The highest BCUT2D eigenvalue weighted by Crippen LogP contribution is 2.26. The van der Waals surface area contributed by atoms with Gasteiger partial charge in [0, 0.05) is 12.4 Å². The maximum Gasteiger partial charge on any atom is 0.534 e. The molecule has 0 bridgehead atoms. The quantitative estimate of drug-likeness (QED) is 0.681. The van der Waals surface area contributed by atoms with Gasteiger partial charge in [0.25, 0.3) is 0 Å². The lowest BCUT2D eigenvalue weighted by Gasteiger charge is -2.08. The van der Waals surface area contributed by atoms with Gasteiger partial charge in [-0.05, 0) is 12.1 Å². The molecular weight excluding hydrogens is 285 g/mol. The Balaban J connectivity index is 0.000000300. The number of halogens is 3. The Hall–Kier alpha value is -2.03. The minimum absolute atomic E-state index is 0.371. The van der Waals surface area contributed by atoms with E-state index in [1.165, 1.54) is 18.2 Å². The molecule has 0 saturated heterocycles. The van der Waals surface area contributed by atoms with Crippen LogP contribution in [-0.4, -0.2) is 23.9 Å². The Morgan fingerprint density at radius 2 is 1.79 bits per heavy atom. The number of nitrogens with zero attached hydrogens (tertiary/aromatic N) is 1. The Morgan fingerprint density at radius 3 is 2.16 bits per heavy atom. The van der Waals surface area contributed by atoms with Crippen molar-refractivity contribution in [1.82, 2.24) is 9.97 Å². The molecule has 0 radical (unpaired) electrons. The van der Waals surface area contributed by atoms with E-state index < -0.39 is 15.6 Å². The Bertz CT molecular complexity index is 551. The highest BCUT2D eigenvalue weighted by atomic mass is 32.2. The van der Waals surface area contributed by atoms with Gasteiger partial charge < -0.3 is 9.17 Å². The highest BCUT2D eigenvalue weighted by Gasteiger charge is 2.48. The number of benzene rings is 1. The molecule has 1 aromatic carbocycles. The summed E-state index contributed by atoms with van der Waals surface area (Å²) >= 11 is 0. The van der Waals surface area contributed by atoms with E-state index >= 15 is 0 Å². The van der Waals surface area contributed by atoms with Crippen molar-refractivity contribution in [2.45, 2.75) is 5.51 Å². The molecule has 19 heavy (non-hydrogen) atoms. The molecule has 0 amide bonds. The van der Waals surface area contributed by atoms with Crippen LogP contribution in [-0.2, 0) is 10.1 Å². The van der Waals surface area contributed by atoms with Crippen LogP contribution < -0.4 is 4.18 Å². The fraction of sp³-hybridized carbons (Fsp3) is 0.100. The van der Waals surface area contributed by atoms with Crippen LogP contribution >= 0.6 is 0 Å². The van der Waals surface area contributed by atoms with Crippen LogP contribution in [0, 0.1) is 0 Å². The average Bonchev–Trinajstić information content (AvgIpc) is 2.86. The third kappa shape index (κ3) is 5.00. The maximum absolute atomic E-state index is 11.8. The lowest BCUT2D eigenvalue weighted by molar-refractivity contribution is -0.0500. The van der Waals surface area contributed by atoms with Gasteiger partial charge in [-0.15, -0.1) is 0 Å². The number of alkyl halides is 3. The first-order chi connectivity index (χ1) is 8.83. The zero-order chi connectivity index (χ0) is 14.4. The van der Waals surface area contributed by atoms with Gasteiger partial charge >= 0.3 is 15.6 Å². The molecule has 5 nitrogen and oxygen atoms in total. The summed E-state index contributed by atoms with van der Waals surface area (Å²) < 4.78 is 60.2. The second-order valence-corrected chi connectivity index (χ2v) is 4.59. The summed E-state index contributed by atoms with van der Waals surface area (Å²) in [5, 5.41) is 0. The van der Waals surface area contributed by atoms with Gasteiger partial charge in [-0.3, -0.25) is 0 Å². The molecular formula is C10H9F3N2O3S. The number of para-hydroxylation sites is 1. The first kappa shape index (κ1) is 15.0. The van der Waals surface area contributed by atoms with Crippen LogP contribution in [0.2, 0.25) is 0 Å². The molecule has 0 aliphatic rings. The first-order valence-corrected chi connectivity index (χ1v) is 6.22. The Kier molecular flexibility index (Phi) is 4.93. The zero-order valence-electron chi connectivity index (χ0n) is 9.33. The van der Waals surface area contributed by atoms with Crippen molar-refractivity contribution >= 4 is 10.1 Å². The fourth-order valence-electron chi connectivity index (χ4n) is 0.865. The van der Waals surface area contributed by atoms with Crippen LogP contribution in [0.5, 0.6) is 5.75 Å². The van der Waals surface area contributed by atoms with Crippen LogP contribution in [0.3, 0.4) is 0 Å². The first-order valence-electron chi connectivity index (χ1n) is 4.81. The topological polar surface area (TPSA) is 72.1 Å². The lowest BCUT2D eigenvalue weighted by Crippen LogP contribution is -2.27. The van der Waals surface area contributed by atoms with E-state index in [0.717, 1.165) is 12.1 Å². The smallest absolute Gasteiger partial charge is 0.376 e. The van der Waals surface area contributed by atoms with E-state index in [-0.39, 0.29) is 5.75 Å². The summed E-state index contributed by atoms with van der Waals surface area (Å²) in [6.45, 7) is 0. The molecule has 104 valence electrons. The van der Waals surface area contributed by atoms with Gasteiger partial charge in [-0.2, -0.15) is 21.6 Å². The summed E-state index contributed by atoms with van der Waals surface area (Å²) in [6, 6.07) is 6.47. The van der Waals surface area contributed by atoms with E-state index in [9.17, 15) is 21.6 Å². The molecule has 2 rings (SSSR count). The van der Waals surface area contributed by atoms with E-state index in [4.69, 9.17) is 0 Å². The number of H-pyrrole nitrogens is 1. The number of hydrogen-bond donors (Lipinski definition) is 1. The van der Waals surface area contributed by atoms with Crippen molar-refractivity contribution in [3.05, 3.63) is 49.1 Å². The Morgan fingerprint density at radius 1 is 1.16 bits per heavy atom. The monoisotopic (exact) mass is 294 g/mol. The van der Waals surface area contributed by atoms with Gasteiger partial charge in [-0.1, -0.05) is 18.2 Å². The predicted molar refractivity (Wildman–Crippen MR) is 60.6 cm³/mol. The second-order valence-electron chi connectivity index (χ2n) is 3.06. The summed E-state index contributed by atoms with van der Waals surface area (Å²) in [5.74, 6) is -0.371. The minimum atomic E-state index is -5.55. The number of imidazole rings is 1. The third-order valence-electron chi connectivity index (χ3n) is 1.64. The third-order valence-corrected chi connectivity index (χ3v) is 2.62. The molecule has 1 N–H and O–H groups in total. The van der Waals surface area contributed by atoms with Crippen LogP contribution in [0.25, 0.3) is 0 Å². The molecule has 0 spiro atoms. The van der Waals surface area contributed by atoms with E-state index in [1.54, 1.807) is 18.7 Å². The van der Waals surface area contributed by atoms with Crippen LogP contribution in [0.1, 0.15) is 0 Å². The highest BCUT2D eigenvalue weighted by molar-refractivity contribution is 7.87. The molecule has 0 unspecified atom stereocenters. The van der Waals surface area contributed by atoms with Gasteiger partial charge in [0.1, 0.15) is 5.75 Å². The molecule has 0 saturated carbocycles. The van der Waals surface area contributed by atoms with Crippen molar-refractivity contribution < 1.29 is 25.8 Å². The van der Waals surface area contributed by atoms with Crippen LogP contribution in [0.15, 0.2) is 49.1 Å². The number of aromatic nitrogens is 2. The lowest BCUT2D eigenvalue weighted by atomic mass is 10.3. The number of nitrogens with one attached hydrogen (secondary N) is 1. The molecule has 9 heteroatoms. The maximum atomic E-state index is 11.8. The summed E-state index contributed by atoms with van der Waals surface area (Å²) in [4.78, 5) is 6.42. The number of rotatable bonds is 2. The summed E-state index contributed by atoms with van der Waals surface area (Å²) in [7, 11) is -5.55. The van der Waals surface area contributed by atoms with E-state index in [1.807, 2.05) is 0 Å². The fourth-order valence-corrected chi connectivity index (χ4v) is 1.32. The van der Waals surface area contributed by atoms with Gasteiger partial charge in [0.2, 0.25) is 0 Å². The molecule has 0 aliphatic carbocycles. The van der Waals surface area contributed by atoms with Gasteiger partial charge in [0.05, 0.1) is 6.33 Å². The predicted octanol–water partition coefficient (Wildman–Crippen LogP) is 2.32. The second kappa shape index (κ2) is 6.23. The zero-order valence-corrected chi connectivity index (χ0v) is 10.1. The van der Waals surface area contributed by atoms with Crippen molar-refractivity contribution in [3.63, 3.8) is 0 Å². The minimum Gasteiger partial charge on any atom is -0.376 e. The van der Waals surface area contributed by atoms with Crippen molar-refractivity contribution in [2.24, 2.45) is 0 Å². The molecule has 1 aromatic heterocycles. The van der Waals surface area contributed by atoms with Crippen LogP contribution in [0.4, 0.5) is 13.2 Å². The van der Waals surface area contributed by atoms with E-state index in [0.29, 0.717) is 0 Å². The molecule has 0 fully saturated rings. The van der Waals surface area contributed by atoms with Gasteiger partial charge in [-0.25, -0.2) is 4.98 Å². The Labute approximate surface area is 107 Å². The van der Waals surface area contributed by atoms with Gasteiger partial charge in [0.15, 0.2) is 0 Å². The molecule has 2 aromatic rings. The number of aromatic amines is 1. The summed E-state index contributed by atoms with van der Waals surface area (Å²) in [6.07, 6.45) is 5.08. The van der Waals surface area contributed by atoms with E-state index in [2.05, 4.69) is 14.2 Å². The average molecular weight is 294 g/mol. The molecule has 1 heterocycles. The number of hydrogen-bond acceptors (Lipinski definition) is 4. The normalized spacial score (nSPS) is 11.3. The molecule has 0 atom stereocenters. The SMILES string of the molecule is O=S(=O)(Oc1ccccc1)C(F)(F)F.c1c[nH]cn1. The van der Waals surface area contributed by atoms with Crippen molar-refractivity contribution in [1.29, 1.82) is 0 Å². The summed E-state index contributed by atoms with van der Waals surface area (Å²) in [5.41, 5.74) is -5.40.